The van der Waals surface area contributed by atoms with Crippen molar-refractivity contribution in [3.63, 3.8) is 0 Å². The third-order valence-electron chi connectivity index (χ3n) is 5.79. The summed E-state index contributed by atoms with van der Waals surface area (Å²) in [7, 11) is 0. The molecule has 0 fully saturated rings. The topological polar surface area (TPSA) is 67.2 Å². The summed E-state index contributed by atoms with van der Waals surface area (Å²) in [6.45, 7) is 10.8. The van der Waals surface area contributed by atoms with Crippen LogP contribution >= 0.6 is 0 Å². The molecule has 0 radical (unpaired) electrons. The van der Waals surface area contributed by atoms with Crippen molar-refractivity contribution in [1.82, 2.24) is 14.7 Å². The largest absolute Gasteiger partial charge is 0.333 e. The van der Waals surface area contributed by atoms with E-state index in [1.807, 2.05) is 80.6 Å². The van der Waals surface area contributed by atoms with Gasteiger partial charge in [-0.25, -0.2) is 4.68 Å². The number of nitrogens with one attached hydrogen (secondary N) is 1. The average molecular weight is 461 g/mol. The van der Waals surface area contributed by atoms with E-state index in [2.05, 4.69) is 26.1 Å². The third-order valence-corrected chi connectivity index (χ3v) is 5.79. The van der Waals surface area contributed by atoms with E-state index in [1.54, 1.807) is 9.58 Å². The second kappa shape index (κ2) is 11.1. The molecule has 0 aliphatic carbocycles. The first-order valence-electron chi connectivity index (χ1n) is 12.0. The summed E-state index contributed by atoms with van der Waals surface area (Å²) in [5.74, 6) is 0.0860. The molecule has 6 heteroatoms. The molecule has 1 N–H and O–H groups in total. The van der Waals surface area contributed by atoms with Gasteiger partial charge in [0, 0.05) is 18.0 Å². The first-order chi connectivity index (χ1) is 16.2. The summed E-state index contributed by atoms with van der Waals surface area (Å²) < 4.78 is 1.75. The molecule has 3 aromatic rings. The molecule has 3 rings (SSSR count). The summed E-state index contributed by atoms with van der Waals surface area (Å²) >= 11 is 0. The number of anilines is 1. The van der Waals surface area contributed by atoms with E-state index in [0.29, 0.717) is 18.8 Å². The van der Waals surface area contributed by atoms with Crippen LogP contribution in [0.1, 0.15) is 64.6 Å². The molecule has 0 aliphatic heterocycles. The van der Waals surface area contributed by atoms with Crippen LogP contribution in [0.25, 0.3) is 5.69 Å². The van der Waals surface area contributed by atoms with E-state index in [-0.39, 0.29) is 29.7 Å². The lowest BCUT2D eigenvalue weighted by Crippen LogP contribution is -2.41. The Balaban J connectivity index is 1.82. The van der Waals surface area contributed by atoms with Crippen molar-refractivity contribution in [3.8, 4) is 5.69 Å². The zero-order valence-electron chi connectivity index (χ0n) is 20.9. The van der Waals surface area contributed by atoms with Gasteiger partial charge in [-0.05, 0) is 30.5 Å². The predicted octanol–water partition coefficient (Wildman–Crippen LogP) is 5.54. The number of nitrogens with zero attached hydrogens (tertiary/aromatic N) is 3. The van der Waals surface area contributed by atoms with Gasteiger partial charge in [0.2, 0.25) is 11.8 Å². The van der Waals surface area contributed by atoms with Crippen LogP contribution in [0.4, 0.5) is 5.82 Å². The Labute approximate surface area is 203 Å². The quantitative estimate of drug-likeness (QED) is 0.456. The molecule has 1 heterocycles. The molecule has 1 unspecified atom stereocenters. The first kappa shape index (κ1) is 25.2. The van der Waals surface area contributed by atoms with Gasteiger partial charge in [0.1, 0.15) is 5.82 Å². The summed E-state index contributed by atoms with van der Waals surface area (Å²) in [5, 5.41) is 7.77. The van der Waals surface area contributed by atoms with Crippen molar-refractivity contribution in [1.29, 1.82) is 0 Å². The third kappa shape index (κ3) is 6.13. The molecule has 0 aliphatic rings. The lowest BCUT2D eigenvalue weighted by Gasteiger charge is -2.26. The van der Waals surface area contributed by atoms with Crippen molar-refractivity contribution in [3.05, 3.63) is 78.0 Å². The Morgan fingerprint density at radius 3 is 2.18 bits per heavy atom. The second-order valence-electron chi connectivity index (χ2n) is 9.59. The van der Waals surface area contributed by atoms with E-state index in [0.717, 1.165) is 23.4 Å². The maximum atomic E-state index is 13.4. The van der Waals surface area contributed by atoms with Crippen LogP contribution < -0.4 is 5.32 Å². The molecule has 0 bridgehead atoms. The highest BCUT2D eigenvalue weighted by atomic mass is 16.2. The van der Waals surface area contributed by atoms with Gasteiger partial charge < -0.3 is 10.2 Å². The Morgan fingerprint density at radius 1 is 1.00 bits per heavy atom. The molecular formula is C28H36N4O2. The van der Waals surface area contributed by atoms with Gasteiger partial charge in [-0.3, -0.25) is 9.59 Å². The van der Waals surface area contributed by atoms with Gasteiger partial charge in [0.05, 0.1) is 23.8 Å². The van der Waals surface area contributed by atoms with Crippen LogP contribution in [0.3, 0.4) is 0 Å². The van der Waals surface area contributed by atoms with Crippen molar-refractivity contribution in [2.24, 2.45) is 0 Å². The Bertz CT molecular complexity index is 1080. The standard InChI is InChI=1S/C28H36N4O2/c1-6-18-31(27(34)23(7-2)21-14-10-8-11-15-21)20-26(33)29-25-19-24(28(3,4)5)30-32(25)22-16-12-9-13-17-22/h8-17,19,23H,6-7,18,20H2,1-5H3,(H,29,33). The van der Waals surface area contributed by atoms with E-state index >= 15 is 0 Å². The fraction of sp³-hybridized carbons (Fsp3) is 0.393. The van der Waals surface area contributed by atoms with Crippen LogP contribution in [-0.2, 0) is 15.0 Å². The lowest BCUT2D eigenvalue weighted by molar-refractivity contribution is -0.136. The number of carbonyl (C=O) groups excluding carboxylic acids is 2. The fourth-order valence-electron chi connectivity index (χ4n) is 3.95. The van der Waals surface area contributed by atoms with Crippen LogP contribution in [-0.4, -0.2) is 39.6 Å². The Kier molecular flexibility index (Phi) is 8.26. The summed E-state index contributed by atoms with van der Waals surface area (Å²) in [4.78, 5) is 28.2. The van der Waals surface area contributed by atoms with E-state index < -0.39 is 0 Å². The molecule has 1 aromatic heterocycles. The molecule has 1 atom stereocenters. The van der Waals surface area contributed by atoms with Crippen LogP contribution in [0.2, 0.25) is 0 Å². The van der Waals surface area contributed by atoms with E-state index in [9.17, 15) is 9.59 Å². The van der Waals surface area contributed by atoms with Crippen LogP contribution in [0.15, 0.2) is 66.7 Å². The smallest absolute Gasteiger partial charge is 0.245 e. The molecule has 180 valence electrons. The molecule has 6 nitrogen and oxygen atoms in total. The van der Waals surface area contributed by atoms with Crippen LogP contribution in [0.5, 0.6) is 0 Å². The number of hydrogen-bond acceptors (Lipinski definition) is 3. The van der Waals surface area contributed by atoms with Gasteiger partial charge in [-0.15, -0.1) is 0 Å². The zero-order valence-corrected chi connectivity index (χ0v) is 20.9. The minimum absolute atomic E-state index is 0.000821. The molecule has 0 spiro atoms. The lowest BCUT2D eigenvalue weighted by atomic mass is 9.92. The molecule has 0 saturated carbocycles. The fourth-order valence-corrected chi connectivity index (χ4v) is 3.95. The summed E-state index contributed by atoms with van der Waals surface area (Å²) in [5.41, 5.74) is 2.55. The maximum Gasteiger partial charge on any atom is 0.245 e. The second-order valence-corrected chi connectivity index (χ2v) is 9.59. The monoisotopic (exact) mass is 460 g/mol. The minimum Gasteiger partial charge on any atom is -0.333 e. The minimum atomic E-state index is -0.261. The van der Waals surface area contributed by atoms with Crippen molar-refractivity contribution >= 4 is 17.6 Å². The molecule has 0 saturated heterocycles. The molecule has 2 amide bonds. The maximum absolute atomic E-state index is 13.4. The number of carbonyl (C=O) groups is 2. The van der Waals surface area contributed by atoms with Gasteiger partial charge in [-0.1, -0.05) is 83.1 Å². The first-order valence-corrected chi connectivity index (χ1v) is 12.0. The average Bonchev–Trinajstić information content (AvgIpc) is 3.25. The van der Waals surface area contributed by atoms with Crippen molar-refractivity contribution in [2.45, 2.75) is 58.8 Å². The summed E-state index contributed by atoms with van der Waals surface area (Å²) in [6, 6.07) is 21.4. The number of hydrogen-bond donors (Lipinski definition) is 1. The Hall–Kier alpha value is -3.41. The molecule has 2 aromatic carbocycles. The number of amides is 2. The highest BCUT2D eigenvalue weighted by Gasteiger charge is 2.27. The number of aromatic nitrogens is 2. The van der Waals surface area contributed by atoms with Crippen molar-refractivity contribution in [2.75, 3.05) is 18.4 Å². The Morgan fingerprint density at radius 2 is 1.62 bits per heavy atom. The SMILES string of the molecule is CCCN(CC(=O)Nc1cc(C(C)(C)C)nn1-c1ccccc1)C(=O)C(CC)c1ccccc1. The highest BCUT2D eigenvalue weighted by molar-refractivity contribution is 5.95. The normalized spacial score (nSPS) is 12.3. The number of benzene rings is 2. The molecule has 34 heavy (non-hydrogen) atoms. The highest BCUT2D eigenvalue weighted by Crippen LogP contribution is 2.27. The number of para-hydroxylation sites is 1. The zero-order chi connectivity index (χ0) is 24.7. The van der Waals surface area contributed by atoms with Crippen molar-refractivity contribution < 1.29 is 9.59 Å². The van der Waals surface area contributed by atoms with Gasteiger partial charge in [-0.2, -0.15) is 5.10 Å². The molecular weight excluding hydrogens is 424 g/mol. The summed E-state index contributed by atoms with van der Waals surface area (Å²) in [6.07, 6.45) is 1.46. The van der Waals surface area contributed by atoms with Crippen LogP contribution in [0, 0.1) is 0 Å². The van der Waals surface area contributed by atoms with Gasteiger partial charge in [0.15, 0.2) is 0 Å². The van der Waals surface area contributed by atoms with E-state index in [1.165, 1.54) is 0 Å². The number of rotatable bonds is 9. The predicted molar refractivity (Wildman–Crippen MR) is 137 cm³/mol. The van der Waals surface area contributed by atoms with Gasteiger partial charge in [0.25, 0.3) is 0 Å². The van der Waals surface area contributed by atoms with E-state index in [4.69, 9.17) is 5.10 Å². The van der Waals surface area contributed by atoms with Gasteiger partial charge >= 0.3 is 0 Å².